The second-order valence-electron chi connectivity index (χ2n) is 4.29. The molecule has 2 aromatic rings. The Morgan fingerprint density at radius 1 is 1.39 bits per heavy atom. The molecule has 1 heterocycles. The van der Waals surface area contributed by atoms with E-state index < -0.39 is 11.9 Å². The van der Waals surface area contributed by atoms with Crippen molar-refractivity contribution in [1.82, 2.24) is 9.97 Å². The zero-order valence-electron chi connectivity index (χ0n) is 10.5. The average molecular weight is 244 g/mol. The molecule has 0 fully saturated rings. The van der Waals surface area contributed by atoms with Crippen LogP contribution in [-0.4, -0.2) is 21.0 Å². The molecule has 18 heavy (non-hydrogen) atoms. The third-order valence-corrected chi connectivity index (χ3v) is 3.05. The first-order valence-corrected chi connectivity index (χ1v) is 5.98. The second kappa shape index (κ2) is 5.04. The number of aromatic amines is 1. The molecule has 1 unspecified atom stereocenters. The van der Waals surface area contributed by atoms with Gasteiger partial charge in [-0.2, -0.15) is 0 Å². The lowest BCUT2D eigenvalue weighted by Crippen LogP contribution is -2.08. The van der Waals surface area contributed by atoms with Gasteiger partial charge in [0.2, 0.25) is 0 Å². The molecule has 1 aromatic carbocycles. The maximum atomic E-state index is 10.9. The minimum atomic E-state index is -0.878. The van der Waals surface area contributed by atoms with E-state index in [0.29, 0.717) is 5.82 Å². The molecule has 1 aromatic heterocycles. The highest BCUT2D eigenvalue weighted by Crippen LogP contribution is 2.20. The number of aliphatic carboxylic acids is 1. The monoisotopic (exact) mass is 244 g/mol. The first kappa shape index (κ1) is 12.4. The Morgan fingerprint density at radius 2 is 2.06 bits per heavy atom. The highest BCUT2D eigenvalue weighted by molar-refractivity contribution is 5.74. The summed E-state index contributed by atoms with van der Waals surface area (Å²) in [6, 6.07) is 8.16. The van der Waals surface area contributed by atoms with Gasteiger partial charge in [-0.1, -0.05) is 31.2 Å². The molecule has 4 heteroatoms. The summed E-state index contributed by atoms with van der Waals surface area (Å²) < 4.78 is 0. The van der Waals surface area contributed by atoms with Crippen molar-refractivity contribution in [3.63, 3.8) is 0 Å². The first-order chi connectivity index (χ1) is 8.61. The summed E-state index contributed by atoms with van der Waals surface area (Å²) in [5.74, 6) is -1.01. The van der Waals surface area contributed by atoms with Crippen LogP contribution in [-0.2, 0) is 11.2 Å². The van der Waals surface area contributed by atoms with Crippen molar-refractivity contribution in [2.75, 3.05) is 0 Å². The Kier molecular flexibility index (Phi) is 3.46. The smallest absolute Gasteiger partial charge is 0.313 e. The summed E-state index contributed by atoms with van der Waals surface area (Å²) >= 11 is 0. The van der Waals surface area contributed by atoms with E-state index in [2.05, 4.69) is 29.0 Å². The minimum Gasteiger partial charge on any atom is -0.481 e. The Bertz CT molecular complexity index is 543. The molecular formula is C14H16N2O2. The number of aryl methyl sites for hydroxylation is 1. The number of aromatic nitrogens is 2. The third-order valence-electron chi connectivity index (χ3n) is 3.05. The number of carboxylic acid groups (broad SMARTS) is 1. The molecule has 94 valence electrons. The van der Waals surface area contributed by atoms with Crippen LogP contribution in [0.3, 0.4) is 0 Å². The fraction of sp³-hybridized carbons (Fsp3) is 0.286. The molecular weight excluding hydrogens is 228 g/mol. The van der Waals surface area contributed by atoms with Crippen LogP contribution in [0.15, 0.2) is 30.5 Å². The van der Waals surface area contributed by atoms with Crippen LogP contribution in [0.1, 0.15) is 31.2 Å². The molecule has 0 aliphatic carbocycles. The van der Waals surface area contributed by atoms with Crippen LogP contribution in [0, 0.1) is 0 Å². The molecule has 0 amide bonds. The summed E-state index contributed by atoms with van der Waals surface area (Å²) in [6.07, 6.45) is 2.68. The maximum Gasteiger partial charge on any atom is 0.313 e. The van der Waals surface area contributed by atoms with Gasteiger partial charge in [-0.05, 0) is 24.5 Å². The molecule has 1 atom stereocenters. The number of rotatable bonds is 4. The molecule has 4 nitrogen and oxygen atoms in total. The predicted molar refractivity (Wildman–Crippen MR) is 69.5 cm³/mol. The Hall–Kier alpha value is -2.10. The first-order valence-electron chi connectivity index (χ1n) is 5.98. The van der Waals surface area contributed by atoms with Gasteiger partial charge in [0, 0.05) is 0 Å². The molecule has 0 aliphatic heterocycles. The van der Waals surface area contributed by atoms with Crippen molar-refractivity contribution in [1.29, 1.82) is 0 Å². The molecule has 2 rings (SSSR count). The van der Waals surface area contributed by atoms with Crippen LogP contribution in [0.25, 0.3) is 11.3 Å². The lowest BCUT2D eigenvalue weighted by molar-refractivity contribution is -0.138. The third kappa shape index (κ3) is 2.42. The van der Waals surface area contributed by atoms with E-state index in [1.165, 1.54) is 5.56 Å². The summed E-state index contributed by atoms with van der Waals surface area (Å²) in [5, 5.41) is 8.92. The quantitative estimate of drug-likeness (QED) is 0.869. The van der Waals surface area contributed by atoms with Gasteiger partial charge in [-0.3, -0.25) is 4.79 Å². The second-order valence-corrected chi connectivity index (χ2v) is 4.29. The molecule has 0 saturated carbocycles. The van der Waals surface area contributed by atoms with E-state index in [4.69, 9.17) is 5.11 Å². The molecule has 0 aliphatic rings. The largest absolute Gasteiger partial charge is 0.481 e. The Labute approximate surface area is 106 Å². The summed E-state index contributed by atoms with van der Waals surface area (Å²) in [4.78, 5) is 18.0. The van der Waals surface area contributed by atoms with Gasteiger partial charge in [0.25, 0.3) is 0 Å². The number of carboxylic acids is 1. The van der Waals surface area contributed by atoms with Gasteiger partial charge in [-0.15, -0.1) is 0 Å². The minimum absolute atomic E-state index is 0.483. The molecule has 0 bridgehead atoms. The number of benzene rings is 1. The normalized spacial score (nSPS) is 12.3. The van der Waals surface area contributed by atoms with E-state index in [0.717, 1.165) is 17.7 Å². The fourth-order valence-corrected chi connectivity index (χ4v) is 1.74. The van der Waals surface area contributed by atoms with Crippen LogP contribution in [0.5, 0.6) is 0 Å². The Morgan fingerprint density at radius 3 is 2.61 bits per heavy atom. The lowest BCUT2D eigenvalue weighted by Gasteiger charge is -2.02. The fourth-order valence-electron chi connectivity index (χ4n) is 1.74. The molecule has 0 spiro atoms. The van der Waals surface area contributed by atoms with Crippen LogP contribution in [0.2, 0.25) is 0 Å². The van der Waals surface area contributed by atoms with E-state index in [1.54, 1.807) is 13.1 Å². The molecule has 2 N–H and O–H groups in total. The van der Waals surface area contributed by atoms with Gasteiger partial charge in [-0.25, -0.2) is 4.98 Å². The van der Waals surface area contributed by atoms with Crippen LogP contribution >= 0.6 is 0 Å². The number of nitrogens with one attached hydrogen (secondary N) is 1. The van der Waals surface area contributed by atoms with Gasteiger partial charge in [0.05, 0.1) is 11.9 Å². The standard InChI is InChI=1S/C14H16N2O2/c1-3-10-4-6-11(7-5-10)12-8-15-13(16-12)9(2)14(17)18/h4-9H,3H2,1-2H3,(H,15,16)(H,17,18). The van der Waals surface area contributed by atoms with Crippen molar-refractivity contribution in [3.05, 3.63) is 41.9 Å². The van der Waals surface area contributed by atoms with Crippen LogP contribution < -0.4 is 0 Å². The molecule has 0 saturated heterocycles. The number of hydrogen-bond acceptors (Lipinski definition) is 2. The number of nitrogens with zero attached hydrogens (tertiary/aromatic N) is 1. The van der Waals surface area contributed by atoms with E-state index in [-0.39, 0.29) is 0 Å². The number of imidazole rings is 1. The van der Waals surface area contributed by atoms with Gasteiger partial charge in [0.15, 0.2) is 0 Å². The number of carbonyl (C=O) groups is 1. The maximum absolute atomic E-state index is 10.9. The predicted octanol–water partition coefficient (Wildman–Crippen LogP) is 2.83. The summed E-state index contributed by atoms with van der Waals surface area (Å²) in [7, 11) is 0. The Balaban J connectivity index is 2.26. The van der Waals surface area contributed by atoms with Crippen LogP contribution in [0.4, 0.5) is 0 Å². The highest BCUT2D eigenvalue weighted by Gasteiger charge is 2.17. The highest BCUT2D eigenvalue weighted by atomic mass is 16.4. The van der Waals surface area contributed by atoms with Gasteiger partial charge in [0.1, 0.15) is 11.7 Å². The van der Waals surface area contributed by atoms with E-state index in [9.17, 15) is 4.79 Å². The van der Waals surface area contributed by atoms with Crippen molar-refractivity contribution in [3.8, 4) is 11.3 Å². The summed E-state index contributed by atoms with van der Waals surface area (Å²) in [5.41, 5.74) is 3.14. The van der Waals surface area contributed by atoms with E-state index >= 15 is 0 Å². The van der Waals surface area contributed by atoms with Crippen molar-refractivity contribution in [2.45, 2.75) is 26.2 Å². The van der Waals surface area contributed by atoms with Crippen molar-refractivity contribution in [2.24, 2.45) is 0 Å². The lowest BCUT2D eigenvalue weighted by atomic mass is 10.1. The van der Waals surface area contributed by atoms with Gasteiger partial charge < -0.3 is 10.1 Å². The summed E-state index contributed by atoms with van der Waals surface area (Å²) in [6.45, 7) is 3.73. The average Bonchev–Trinajstić information content (AvgIpc) is 2.87. The van der Waals surface area contributed by atoms with Crippen molar-refractivity contribution < 1.29 is 9.90 Å². The zero-order valence-corrected chi connectivity index (χ0v) is 10.5. The van der Waals surface area contributed by atoms with E-state index in [1.807, 2.05) is 12.1 Å². The topological polar surface area (TPSA) is 66.0 Å². The SMILES string of the molecule is CCc1ccc(-c2cnc(C(C)C(=O)O)[nH]2)cc1. The number of H-pyrrole nitrogens is 1. The van der Waals surface area contributed by atoms with Gasteiger partial charge >= 0.3 is 5.97 Å². The zero-order chi connectivity index (χ0) is 13.1. The number of hydrogen-bond donors (Lipinski definition) is 2. The molecule has 0 radical (unpaired) electrons. The van der Waals surface area contributed by atoms with Crippen molar-refractivity contribution >= 4 is 5.97 Å².